The number of carbonyl (C=O) groups excluding carboxylic acids is 2. The minimum Gasteiger partial charge on any atom is -0.469 e. The topological polar surface area (TPSA) is 58.6 Å². The van der Waals surface area contributed by atoms with Gasteiger partial charge in [0.05, 0.1) is 19.6 Å². The van der Waals surface area contributed by atoms with E-state index in [1.807, 2.05) is 50.1 Å². The van der Waals surface area contributed by atoms with Crippen molar-refractivity contribution in [3.05, 3.63) is 35.4 Å². The number of hydrogen-bond acceptors (Lipinski definition) is 4. The Morgan fingerprint density at radius 1 is 1.33 bits per heavy atom. The highest BCUT2D eigenvalue weighted by atomic mass is 16.5. The zero-order chi connectivity index (χ0) is 15.8. The molecular formula is C16H24N2O3. The highest BCUT2D eigenvalue weighted by Crippen LogP contribution is 2.06. The molecule has 0 saturated heterocycles. The van der Waals surface area contributed by atoms with Crippen LogP contribution < -0.4 is 5.32 Å². The third kappa shape index (κ3) is 5.55. The molecule has 0 aliphatic heterocycles. The maximum atomic E-state index is 12.1. The third-order valence-corrected chi connectivity index (χ3v) is 3.65. The molecule has 0 radical (unpaired) electrons. The zero-order valence-corrected chi connectivity index (χ0v) is 13.2. The van der Waals surface area contributed by atoms with Crippen LogP contribution in [0.25, 0.3) is 0 Å². The van der Waals surface area contributed by atoms with Gasteiger partial charge >= 0.3 is 5.97 Å². The van der Waals surface area contributed by atoms with E-state index in [1.165, 1.54) is 7.11 Å². The Morgan fingerprint density at radius 3 is 2.62 bits per heavy atom. The maximum Gasteiger partial charge on any atom is 0.306 e. The van der Waals surface area contributed by atoms with Crippen LogP contribution >= 0.6 is 0 Å². The molecule has 1 amide bonds. The van der Waals surface area contributed by atoms with Gasteiger partial charge in [0, 0.05) is 13.1 Å². The van der Waals surface area contributed by atoms with Crippen LogP contribution in [0.2, 0.25) is 0 Å². The lowest BCUT2D eigenvalue weighted by Gasteiger charge is -2.23. The minimum atomic E-state index is -0.293. The lowest BCUT2D eigenvalue weighted by Crippen LogP contribution is -2.43. The van der Waals surface area contributed by atoms with Crippen molar-refractivity contribution in [3.63, 3.8) is 0 Å². The van der Waals surface area contributed by atoms with Crippen LogP contribution in [0, 0.1) is 6.92 Å². The minimum absolute atomic E-state index is 0.0504. The van der Waals surface area contributed by atoms with E-state index >= 15 is 0 Å². The van der Waals surface area contributed by atoms with Crippen molar-refractivity contribution in [1.82, 2.24) is 10.2 Å². The lowest BCUT2D eigenvalue weighted by atomic mass is 10.1. The van der Waals surface area contributed by atoms with Crippen molar-refractivity contribution >= 4 is 11.9 Å². The zero-order valence-electron chi connectivity index (χ0n) is 13.2. The van der Waals surface area contributed by atoms with Crippen molar-refractivity contribution in [2.24, 2.45) is 0 Å². The second-order valence-electron chi connectivity index (χ2n) is 5.13. The molecule has 116 valence electrons. The third-order valence-electron chi connectivity index (χ3n) is 3.65. The van der Waals surface area contributed by atoms with Crippen molar-refractivity contribution in [2.45, 2.75) is 32.9 Å². The Labute approximate surface area is 126 Å². The summed E-state index contributed by atoms with van der Waals surface area (Å²) >= 11 is 0. The summed E-state index contributed by atoms with van der Waals surface area (Å²) in [4.78, 5) is 25.1. The van der Waals surface area contributed by atoms with Crippen LogP contribution in [0.5, 0.6) is 0 Å². The first-order chi connectivity index (χ1) is 9.95. The number of esters is 1. The van der Waals surface area contributed by atoms with Crippen molar-refractivity contribution in [1.29, 1.82) is 0 Å². The van der Waals surface area contributed by atoms with Gasteiger partial charge in [-0.2, -0.15) is 0 Å². The first-order valence-electron chi connectivity index (χ1n) is 7.05. The van der Waals surface area contributed by atoms with Crippen molar-refractivity contribution in [2.75, 3.05) is 20.7 Å². The molecular weight excluding hydrogens is 268 g/mol. The van der Waals surface area contributed by atoms with Gasteiger partial charge in [0.2, 0.25) is 5.91 Å². The standard InChI is InChI=1S/C16H24N2O3/c1-12-7-5-6-8-14(12)11-17-16(20)13(2)18(3)10-9-15(19)21-4/h5-8,13H,9-11H2,1-4H3,(H,17,20)/t13-/m1/s1. The Morgan fingerprint density at radius 2 is 2.00 bits per heavy atom. The molecule has 0 aliphatic rings. The maximum absolute atomic E-state index is 12.1. The molecule has 5 nitrogen and oxygen atoms in total. The summed E-state index contributed by atoms with van der Waals surface area (Å²) in [6, 6.07) is 7.66. The molecule has 21 heavy (non-hydrogen) atoms. The van der Waals surface area contributed by atoms with E-state index in [9.17, 15) is 9.59 Å². The highest BCUT2D eigenvalue weighted by Gasteiger charge is 2.18. The van der Waals surface area contributed by atoms with E-state index < -0.39 is 0 Å². The molecule has 0 unspecified atom stereocenters. The summed E-state index contributed by atoms with van der Waals surface area (Å²) < 4.78 is 4.59. The fourth-order valence-electron chi connectivity index (χ4n) is 1.90. The fourth-order valence-corrected chi connectivity index (χ4v) is 1.90. The van der Waals surface area contributed by atoms with Crippen LogP contribution in [0.15, 0.2) is 24.3 Å². The quantitative estimate of drug-likeness (QED) is 0.774. The van der Waals surface area contributed by atoms with Gasteiger partial charge < -0.3 is 10.1 Å². The molecule has 0 saturated carbocycles. The lowest BCUT2D eigenvalue weighted by molar-refractivity contribution is -0.141. The molecule has 0 heterocycles. The summed E-state index contributed by atoms with van der Waals surface area (Å²) in [6.07, 6.45) is 0.280. The van der Waals surface area contributed by atoms with E-state index in [1.54, 1.807) is 0 Å². The summed E-state index contributed by atoms with van der Waals surface area (Å²) in [6.45, 7) is 4.85. The average Bonchev–Trinajstić information content (AvgIpc) is 2.50. The van der Waals surface area contributed by atoms with Crippen LogP contribution in [0.4, 0.5) is 0 Å². The fraction of sp³-hybridized carbons (Fsp3) is 0.500. The summed E-state index contributed by atoms with van der Waals surface area (Å²) in [5, 5.41) is 2.93. The number of benzene rings is 1. The van der Waals surface area contributed by atoms with Gasteiger partial charge in [0.1, 0.15) is 0 Å². The number of nitrogens with one attached hydrogen (secondary N) is 1. The molecule has 1 aromatic rings. The van der Waals surface area contributed by atoms with Crippen LogP contribution in [-0.4, -0.2) is 43.5 Å². The van der Waals surface area contributed by atoms with Crippen molar-refractivity contribution in [3.8, 4) is 0 Å². The summed E-state index contributed by atoms with van der Waals surface area (Å²) in [5.74, 6) is -0.319. The number of methoxy groups -OCH3 is 1. The van der Waals surface area contributed by atoms with Gasteiger partial charge in [-0.05, 0) is 32.0 Å². The Balaban J connectivity index is 2.43. The molecule has 1 aromatic carbocycles. The molecule has 0 bridgehead atoms. The van der Waals surface area contributed by atoms with E-state index in [0.717, 1.165) is 11.1 Å². The van der Waals surface area contributed by atoms with Gasteiger partial charge in [-0.25, -0.2) is 0 Å². The number of nitrogens with zero attached hydrogens (tertiary/aromatic N) is 1. The van der Waals surface area contributed by atoms with Crippen LogP contribution in [-0.2, 0) is 20.9 Å². The average molecular weight is 292 g/mol. The van der Waals surface area contributed by atoms with Crippen molar-refractivity contribution < 1.29 is 14.3 Å². The van der Waals surface area contributed by atoms with Gasteiger partial charge in [0.15, 0.2) is 0 Å². The number of carbonyl (C=O) groups is 2. The predicted molar refractivity (Wildman–Crippen MR) is 81.8 cm³/mol. The molecule has 5 heteroatoms. The SMILES string of the molecule is COC(=O)CCN(C)[C@H](C)C(=O)NCc1ccccc1C. The molecule has 1 N–H and O–H groups in total. The molecule has 0 fully saturated rings. The summed E-state index contributed by atoms with van der Waals surface area (Å²) in [5.41, 5.74) is 2.26. The summed E-state index contributed by atoms with van der Waals surface area (Å²) in [7, 11) is 3.18. The van der Waals surface area contributed by atoms with E-state index in [4.69, 9.17) is 0 Å². The molecule has 0 aliphatic carbocycles. The number of likely N-dealkylation sites (N-methyl/N-ethyl adjacent to an activating group) is 1. The van der Waals surface area contributed by atoms with Gasteiger partial charge in [0.25, 0.3) is 0 Å². The normalized spacial score (nSPS) is 12.0. The Hall–Kier alpha value is -1.88. The Bertz CT molecular complexity index is 488. The van der Waals surface area contributed by atoms with E-state index in [0.29, 0.717) is 13.1 Å². The van der Waals surface area contributed by atoms with Crippen LogP contribution in [0.3, 0.4) is 0 Å². The number of hydrogen-bond donors (Lipinski definition) is 1. The van der Waals surface area contributed by atoms with Gasteiger partial charge in [-0.1, -0.05) is 24.3 Å². The molecule has 1 atom stereocenters. The van der Waals surface area contributed by atoms with E-state index in [2.05, 4.69) is 10.1 Å². The second kappa shape index (κ2) is 8.42. The Kier molecular flexibility index (Phi) is 6.88. The van der Waals surface area contributed by atoms with Gasteiger partial charge in [-0.3, -0.25) is 14.5 Å². The largest absolute Gasteiger partial charge is 0.469 e. The van der Waals surface area contributed by atoms with E-state index in [-0.39, 0.29) is 24.3 Å². The van der Waals surface area contributed by atoms with Gasteiger partial charge in [-0.15, -0.1) is 0 Å². The molecule has 0 spiro atoms. The highest BCUT2D eigenvalue weighted by molar-refractivity contribution is 5.81. The number of amides is 1. The first kappa shape index (κ1) is 17.2. The second-order valence-corrected chi connectivity index (χ2v) is 5.13. The molecule has 0 aromatic heterocycles. The first-order valence-corrected chi connectivity index (χ1v) is 7.05. The molecule has 1 rings (SSSR count). The number of rotatable bonds is 7. The monoisotopic (exact) mass is 292 g/mol. The number of ether oxygens (including phenoxy) is 1. The predicted octanol–water partition coefficient (Wildman–Crippen LogP) is 1.49. The van der Waals surface area contributed by atoms with Crippen LogP contribution in [0.1, 0.15) is 24.5 Å². The smallest absolute Gasteiger partial charge is 0.306 e. The number of aryl methyl sites for hydroxylation is 1.